The van der Waals surface area contributed by atoms with Crippen LogP contribution < -0.4 is 11.5 Å². The zero-order chi connectivity index (χ0) is 13.0. The third kappa shape index (κ3) is 2.67. The Hall–Kier alpha value is -2.34. The number of anilines is 1. The number of carbonyl (C=O) groups excluding carboxylic acids is 1. The van der Waals surface area contributed by atoms with Crippen molar-refractivity contribution >= 4 is 28.8 Å². The molecule has 0 fully saturated rings. The summed E-state index contributed by atoms with van der Waals surface area (Å²) >= 11 is 1.27. The van der Waals surface area contributed by atoms with Crippen LogP contribution in [0, 0.1) is 0 Å². The maximum Gasteiger partial charge on any atom is 0.375 e. The minimum Gasteiger partial charge on any atom is -0.398 e. The first kappa shape index (κ1) is 12.1. The number of nitrogen functional groups attached to an aromatic ring is 1. The number of benzene rings is 1. The summed E-state index contributed by atoms with van der Waals surface area (Å²) in [6, 6.07) is 10.4. The lowest BCUT2D eigenvalue weighted by Gasteiger charge is -2.03. The summed E-state index contributed by atoms with van der Waals surface area (Å²) in [6.45, 7) is 0. The summed E-state index contributed by atoms with van der Waals surface area (Å²) in [6.07, 6.45) is 0. The third-order valence-corrected chi connectivity index (χ3v) is 3.04. The van der Waals surface area contributed by atoms with Crippen LogP contribution in [0.2, 0.25) is 0 Å². The number of oxime groups is 1. The molecule has 0 amide bonds. The quantitative estimate of drug-likeness (QED) is 0.290. The molecule has 0 aliphatic heterocycles. The summed E-state index contributed by atoms with van der Waals surface area (Å²) in [5, 5.41) is 5.36. The van der Waals surface area contributed by atoms with Crippen molar-refractivity contribution in [3.8, 4) is 0 Å². The number of nitrogens with two attached hydrogens (primary N) is 2. The largest absolute Gasteiger partial charge is 0.398 e. The minimum absolute atomic E-state index is 0.0676. The molecule has 1 aromatic carbocycles. The first-order valence-corrected chi connectivity index (χ1v) is 5.99. The Morgan fingerprint density at radius 3 is 2.67 bits per heavy atom. The molecule has 0 spiro atoms. The lowest BCUT2D eigenvalue weighted by Crippen LogP contribution is -2.16. The van der Waals surface area contributed by atoms with Crippen LogP contribution in [0.1, 0.15) is 15.2 Å². The Labute approximate surface area is 108 Å². The highest BCUT2D eigenvalue weighted by atomic mass is 32.1. The van der Waals surface area contributed by atoms with E-state index in [4.69, 9.17) is 16.3 Å². The second-order valence-electron chi connectivity index (χ2n) is 3.42. The van der Waals surface area contributed by atoms with Crippen molar-refractivity contribution in [3.05, 3.63) is 52.2 Å². The van der Waals surface area contributed by atoms with Crippen molar-refractivity contribution in [1.82, 2.24) is 0 Å². The highest BCUT2D eigenvalue weighted by Crippen LogP contribution is 2.12. The van der Waals surface area contributed by atoms with Gasteiger partial charge < -0.3 is 16.3 Å². The maximum absolute atomic E-state index is 11.5. The zero-order valence-electron chi connectivity index (χ0n) is 9.37. The van der Waals surface area contributed by atoms with Crippen LogP contribution in [-0.4, -0.2) is 11.8 Å². The predicted octanol–water partition coefficient (Wildman–Crippen LogP) is 1.81. The van der Waals surface area contributed by atoms with Gasteiger partial charge in [0.15, 0.2) is 5.84 Å². The van der Waals surface area contributed by atoms with Gasteiger partial charge in [-0.2, -0.15) is 0 Å². The second kappa shape index (κ2) is 5.33. The molecule has 0 aliphatic carbocycles. The van der Waals surface area contributed by atoms with Gasteiger partial charge >= 0.3 is 5.97 Å². The van der Waals surface area contributed by atoms with E-state index in [2.05, 4.69) is 5.16 Å². The molecule has 0 radical (unpaired) electrons. The van der Waals surface area contributed by atoms with E-state index in [1.807, 2.05) is 0 Å². The molecular formula is C12H11N3O2S. The van der Waals surface area contributed by atoms with Crippen molar-refractivity contribution in [2.24, 2.45) is 10.9 Å². The van der Waals surface area contributed by atoms with E-state index >= 15 is 0 Å². The fourth-order valence-corrected chi connectivity index (χ4v) is 1.90. The molecule has 2 aromatic rings. The molecule has 1 aromatic heterocycles. The SMILES string of the molecule is N/C(=N/OC(=O)c1cccs1)c1ccccc1N. The topological polar surface area (TPSA) is 90.7 Å². The van der Waals surface area contributed by atoms with Crippen LogP contribution in [0.5, 0.6) is 0 Å². The first-order valence-electron chi connectivity index (χ1n) is 5.11. The number of nitrogens with zero attached hydrogens (tertiary/aromatic N) is 1. The lowest BCUT2D eigenvalue weighted by molar-refractivity contribution is 0.0522. The molecule has 0 saturated carbocycles. The number of amidine groups is 1. The Kier molecular flexibility index (Phi) is 3.59. The average Bonchev–Trinajstić information content (AvgIpc) is 2.90. The van der Waals surface area contributed by atoms with Crippen LogP contribution in [0.15, 0.2) is 46.9 Å². The van der Waals surface area contributed by atoms with Crippen LogP contribution in [0.4, 0.5) is 5.69 Å². The van der Waals surface area contributed by atoms with Gasteiger partial charge in [0.1, 0.15) is 4.88 Å². The summed E-state index contributed by atoms with van der Waals surface area (Å²) in [4.78, 5) is 16.7. The first-order chi connectivity index (χ1) is 8.68. The summed E-state index contributed by atoms with van der Waals surface area (Å²) in [7, 11) is 0. The maximum atomic E-state index is 11.5. The van der Waals surface area contributed by atoms with E-state index < -0.39 is 5.97 Å². The van der Waals surface area contributed by atoms with E-state index in [-0.39, 0.29) is 5.84 Å². The number of hydrogen-bond acceptors (Lipinski definition) is 5. The van der Waals surface area contributed by atoms with Gasteiger partial charge in [0.05, 0.1) is 0 Å². The number of rotatable bonds is 3. The van der Waals surface area contributed by atoms with Gasteiger partial charge in [0.2, 0.25) is 0 Å². The molecule has 0 unspecified atom stereocenters. The van der Waals surface area contributed by atoms with Crippen molar-refractivity contribution in [1.29, 1.82) is 0 Å². The van der Waals surface area contributed by atoms with Crippen LogP contribution in [0.25, 0.3) is 0 Å². The Balaban J connectivity index is 2.11. The molecule has 0 atom stereocenters. The van der Waals surface area contributed by atoms with Crippen molar-refractivity contribution in [3.63, 3.8) is 0 Å². The van der Waals surface area contributed by atoms with E-state index in [1.165, 1.54) is 11.3 Å². The highest BCUT2D eigenvalue weighted by molar-refractivity contribution is 7.11. The molecule has 2 rings (SSSR count). The molecule has 0 saturated heterocycles. The fraction of sp³-hybridized carbons (Fsp3) is 0. The van der Waals surface area contributed by atoms with Crippen LogP contribution in [0.3, 0.4) is 0 Å². The fourth-order valence-electron chi connectivity index (χ4n) is 1.31. The van der Waals surface area contributed by atoms with Gasteiger partial charge in [0, 0.05) is 11.3 Å². The number of thiophene rings is 1. The van der Waals surface area contributed by atoms with Crippen molar-refractivity contribution in [2.45, 2.75) is 0 Å². The van der Waals surface area contributed by atoms with Gasteiger partial charge in [-0.05, 0) is 23.6 Å². The van der Waals surface area contributed by atoms with E-state index in [1.54, 1.807) is 41.8 Å². The second-order valence-corrected chi connectivity index (χ2v) is 4.37. The van der Waals surface area contributed by atoms with Crippen LogP contribution in [-0.2, 0) is 4.84 Å². The zero-order valence-corrected chi connectivity index (χ0v) is 10.2. The molecular weight excluding hydrogens is 250 g/mol. The molecule has 18 heavy (non-hydrogen) atoms. The normalized spacial score (nSPS) is 11.2. The monoisotopic (exact) mass is 261 g/mol. The highest BCUT2D eigenvalue weighted by Gasteiger charge is 2.09. The standard InChI is InChI=1S/C12H11N3O2S/c13-9-5-2-1-4-8(9)11(14)15-17-12(16)10-6-3-7-18-10/h1-7H,13H2,(H2,14,15). The summed E-state index contributed by atoms with van der Waals surface area (Å²) in [5.74, 6) is -0.472. The Morgan fingerprint density at radius 1 is 1.22 bits per heavy atom. The Bertz CT molecular complexity index is 579. The van der Waals surface area contributed by atoms with Gasteiger partial charge in [0.25, 0.3) is 0 Å². The molecule has 6 heteroatoms. The van der Waals surface area contributed by atoms with E-state index in [0.29, 0.717) is 16.1 Å². The predicted molar refractivity (Wildman–Crippen MR) is 71.3 cm³/mol. The minimum atomic E-state index is -0.539. The summed E-state index contributed by atoms with van der Waals surface area (Å²) < 4.78 is 0. The van der Waals surface area contributed by atoms with Gasteiger partial charge in [-0.3, -0.25) is 0 Å². The number of carbonyl (C=O) groups is 1. The molecule has 4 N–H and O–H groups in total. The average molecular weight is 261 g/mol. The third-order valence-electron chi connectivity index (χ3n) is 2.19. The van der Waals surface area contributed by atoms with Crippen LogP contribution >= 0.6 is 11.3 Å². The van der Waals surface area contributed by atoms with Gasteiger partial charge in [-0.25, -0.2) is 4.79 Å². The van der Waals surface area contributed by atoms with Crippen molar-refractivity contribution < 1.29 is 9.63 Å². The molecule has 5 nitrogen and oxygen atoms in total. The molecule has 0 aliphatic rings. The van der Waals surface area contributed by atoms with E-state index in [0.717, 1.165) is 0 Å². The van der Waals surface area contributed by atoms with Gasteiger partial charge in [-0.1, -0.05) is 23.4 Å². The molecule has 1 heterocycles. The molecule has 92 valence electrons. The number of para-hydroxylation sites is 1. The Morgan fingerprint density at radius 2 is 2.00 bits per heavy atom. The smallest absolute Gasteiger partial charge is 0.375 e. The number of hydrogen-bond donors (Lipinski definition) is 2. The van der Waals surface area contributed by atoms with E-state index in [9.17, 15) is 4.79 Å². The summed E-state index contributed by atoms with van der Waals surface area (Å²) in [5.41, 5.74) is 12.4. The lowest BCUT2D eigenvalue weighted by atomic mass is 10.2. The van der Waals surface area contributed by atoms with Crippen molar-refractivity contribution in [2.75, 3.05) is 5.73 Å². The van der Waals surface area contributed by atoms with Gasteiger partial charge in [-0.15, -0.1) is 11.3 Å². The molecule has 0 bridgehead atoms.